The Labute approximate surface area is 192 Å². The van der Waals surface area contributed by atoms with Crippen LogP contribution in [-0.4, -0.2) is 25.7 Å². The highest BCUT2D eigenvalue weighted by Gasteiger charge is 2.16. The van der Waals surface area contributed by atoms with Crippen molar-refractivity contribution < 1.29 is 4.79 Å². The fourth-order valence-corrected chi connectivity index (χ4v) is 3.93. The molecule has 162 valence electrons. The average Bonchev–Trinajstić information content (AvgIpc) is 3.27. The summed E-state index contributed by atoms with van der Waals surface area (Å²) in [7, 11) is 0. The van der Waals surface area contributed by atoms with Gasteiger partial charge in [0.1, 0.15) is 0 Å². The van der Waals surface area contributed by atoms with Crippen molar-refractivity contribution in [2.45, 2.75) is 20.4 Å². The van der Waals surface area contributed by atoms with Gasteiger partial charge in [-0.2, -0.15) is 5.10 Å². The summed E-state index contributed by atoms with van der Waals surface area (Å²) < 4.78 is 1.83. The number of benzene rings is 2. The number of carbonyl (C=O) groups is 1. The molecular formula is C27H23N5O. The van der Waals surface area contributed by atoms with E-state index < -0.39 is 0 Å². The molecule has 2 aromatic carbocycles. The summed E-state index contributed by atoms with van der Waals surface area (Å²) in [6.07, 6.45) is 6.97. The zero-order valence-corrected chi connectivity index (χ0v) is 18.5. The van der Waals surface area contributed by atoms with Gasteiger partial charge in [-0.3, -0.25) is 14.5 Å². The van der Waals surface area contributed by atoms with Crippen LogP contribution in [0.2, 0.25) is 0 Å². The number of amides is 1. The number of para-hydroxylation sites is 1. The molecule has 0 radical (unpaired) electrons. The SMILES string of the molecule is Cc1ccccc1Cn1cc(NC(=O)c2cc(-c3ccncc3)nc3c(C)cccc23)cn1. The van der Waals surface area contributed by atoms with E-state index in [1.807, 2.05) is 66.3 Å². The Bertz CT molecular complexity index is 1460. The van der Waals surface area contributed by atoms with Crippen molar-refractivity contribution in [2.75, 3.05) is 5.32 Å². The van der Waals surface area contributed by atoms with Crippen molar-refractivity contribution in [1.29, 1.82) is 0 Å². The second-order valence-electron chi connectivity index (χ2n) is 8.07. The second kappa shape index (κ2) is 8.67. The normalized spacial score (nSPS) is 11.0. The molecule has 1 amide bonds. The summed E-state index contributed by atoms with van der Waals surface area (Å²) in [5.41, 5.74) is 7.10. The Hall–Kier alpha value is -4.32. The van der Waals surface area contributed by atoms with Crippen LogP contribution in [0.25, 0.3) is 22.2 Å². The van der Waals surface area contributed by atoms with Gasteiger partial charge in [-0.15, -0.1) is 0 Å². The van der Waals surface area contributed by atoms with Gasteiger partial charge >= 0.3 is 0 Å². The van der Waals surface area contributed by atoms with Crippen molar-refractivity contribution in [3.63, 3.8) is 0 Å². The number of hydrogen-bond donors (Lipinski definition) is 1. The molecule has 5 rings (SSSR count). The summed E-state index contributed by atoms with van der Waals surface area (Å²) in [5.74, 6) is -0.196. The third-order valence-corrected chi connectivity index (χ3v) is 5.75. The summed E-state index contributed by atoms with van der Waals surface area (Å²) in [6, 6.07) is 19.7. The molecule has 0 aliphatic carbocycles. The lowest BCUT2D eigenvalue weighted by molar-refractivity contribution is 0.102. The first kappa shape index (κ1) is 20.6. The lowest BCUT2D eigenvalue weighted by Gasteiger charge is -2.11. The van der Waals surface area contributed by atoms with Crippen molar-refractivity contribution in [3.8, 4) is 11.3 Å². The molecule has 0 fully saturated rings. The highest BCUT2D eigenvalue weighted by Crippen LogP contribution is 2.27. The van der Waals surface area contributed by atoms with Crippen molar-refractivity contribution in [3.05, 3.63) is 108 Å². The van der Waals surface area contributed by atoms with E-state index in [0.29, 0.717) is 17.8 Å². The molecule has 3 aromatic heterocycles. The topological polar surface area (TPSA) is 72.7 Å². The standard InChI is InChI=1S/C27H23N5O/c1-18-6-3-4-8-21(18)16-32-17-22(15-29-32)30-27(33)24-14-25(20-10-12-28-13-11-20)31-26-19(2)7-5-9-23(24)26/h3-15,17H,16H2,1-2H3,(H,30,33). The minimum Gasteiger partial charge on any atom is -0.319 e. The van der Waals surface area contributed by atoms with Crippen LogP contribution < -0.4 is 5.32 Å². The molecule has 0 unspecified atom stereocenters. The van der Waals surface area contributed by atoms with Gasteiger partial charge in [0.05, 0.1) is 35.2 Å². The largest absolute Gasteiger partial charge is 0.319 e. The van der Waals surface area contributed by atoms with Crippen molar-refractivity contribution >= 4 is 22.5 Å². The van der Waals surface area contributed by atoms with Crippen LogP contribution in [-0.2, 0) is 6.54 Å². The van der Waals surface area contributed by atoms with E-state index in [1.165, 1.54) is 11.1 Å². The minimum atomic E-state index is -0.196. The number of anilines is 1. The average molecular weight is 434 g/mol. The molecule has 6 nitrogen and oxygen atoms in total. The number of nitrogens with one attached hydrogen (secondary N) is 1. The number of nitrogens with zero attached hydrogens (tertiary/aromatic N) is 4. The van der Waals surface area contributed by atoms with Crippen LogP contribution in [0.3, 0.4) is 0 Å². The van der Waals surface area contributed by atoms with Crippen molar-refractivity contribution in [2.24, 2.45) is 0 Å². The van der Waals surface area contributed by atoms with E-state index in [4.69, 9.17) is 4.98 Å². The molecule has 1 N–H and O–H groups in total. The number of aryl methyl sites for hydroxylation is 2. The highest BCUT2D eigenvalue weighted by atomic mass is 16.1. The van der Waals surface area contributed by atoms with Gasteiger partial charge in [-0.05, 0) is 48.7 Å². The minimum absolute atomic E-state index is 0.196. The Morgan fingerprint density at radius 2 is 1.76 bits per heavy atom. The third-order valence-electron chi connectivity index (χ3n) is 5.75. The number of pyridine rings is 2. The molecule has 0 atom stereocenters. The predicted molar refractivity (Wildman–Crippen MR) is 130 cm³/mol. The van der Waals surface area contributed by atoms with Crippen LogP contribution in [0.1, 0.15) is 27.0 Å². The summed E-state index contributed by atoms with van der Waals surface area (Å²) in [4.78, 5) is 22.3. The first-order valence-corrected chi connectivity index (χ1v) is 10.8. The smallest absolute Gasteiger partial charge is 0.256 e. The summed E-state index contributed by atoms with van der Waals surface area (Å²) >= 11 is 0. The van der Waals surface area contributed by atoms with Gasteiger partial charge in [0, 0.05) is 29.5 Å². The third kappa shape index (κ3) is 4.23. The van der Waals surface area contributed by atoms with Crippen LogP contribution >= 0.6 is 0 Å². The number of aromatic nitrogens is 4. The monoisotopic (exact) mass is 433 g/mol. The van der Waals surface area contributed by atoms with Gasteiger partial charge in [0.2, 0.25) is 0 Å². The second-order valence-corrected chi connectivity index (χ2v) is 8.07. The lowest BCUT2D eigenvalue weighted by atomic mass is 10.0. The molecule has 33 heavy (non-hydrogen) atoms. The van der Waals surface area contributed by atoms with E-state index in [1.54, 1.807) is 18.6 Å². The van der Waals surface area contributed by atoms with Gasteiger partial charge < -0.3 is 5.32 Å². The fourth-order valence-electron chi connectivity index (χ4n) is 3.93. The summed E-state index contributed by atoms with van der Waals surface area (Å²) in [5, 5.41) is 8.25. The fraction of sp³-hybridized carbons (Fsp3) is 0.111. The Morgan fingerprint density at radius 1 is 0.970 bits per heavy atom. The lowest BCUT2D eigenvalue weighted by Crippen LogP contribution is -2.13. The van der Waals surface area contributed by atoms with Crippen LogP contribution in [0.5, 0.6) is 0 Å². The molecular weight excluding hydrogens is 410 g/mol. The van der Waals surface area contributed by atoms with E-state index >= 15 is 0 Å². The van der Waals surface area contributed by atoms with E-state index in [0.717, 1.165) is 27.7 Å². The molecule has 6 heteroatoms. The molecule has 3 heterocycles. The van der Waals surface area contributed by atoms with Crippen LogP contribution in [0, 0.1) is 13.8 Å². The van der Waals surface area contributed by atoms with E-state index in [9.17, 15) is 4.79 Å². The van der Waals surface area contributed by atoms with E-state index in [-0.39, 0.29) is 5.91 Å². The zero-order valence-electron chi connectivity index (χ0n) is 18.5. The number of fused-ring (bicyclic) bond motifs is 1. The summed E-state index contributed by atoms with van der Waals surface area (Å²) in [6.45, 7) is 4.73. The Morgan fingerprint density at radius 3 is 2.58 bits per heavy atom. The maximum Gasteiger partial charge on any atom is 0.256 e. The molecule has 0 bridgehead atoms. The molecule has 0 aliphatic rings. The quantitative estimate of drug-likeness (QED) is 0.402. The molecule has 0 spiro atoms. The van der Waals surface area contributed by atoms with Crippen LogP contribution in [0.15, 0.2) is 85.5 Å². The molecule has 0 aliphatic heterocycles. The number of hydrogen-bond acceptors (Lipinski definition) is 4. The number of carbonyl (C=O) groups excluding carboxylic acids is 1. The maximum atomic E-state index is 13.4. The first-order valence-electron chi connectivity index (χ1n) is 10.8. The maximum absolute atomic E-state index is 13.4. The van der Waals surface area contributed by atoms with Gasteiger partial charge in [0.25, 0.3) is 5.91 Å². The zero-order chi connectivity index (χ0) is 22.8. The number of rotatable bonds is 5. The van der Waals surface area contributed by atoms with E-state index in [2.05, 4.69) is 34.5 Å². The van der Waals surface area contributed by atoms with Gasteiger partial charge in [-0.1, -0.05) is 42.5 Å². The molecule has 5 aromatic rings. The van der Waals surface area contributed by atoms with Gasteiger partial charge in [0.15, 0.2) is 0 Å². The first-order chi connectivity index (χ1) is 16.1. The van der Waals surface area contributed by atoms with Crippen LogP contribution in [0.4, 0.5) is 5.69 Å². The van der Waals surface area contributed by atoms with Gasteiger partial charge in [-0.25, -0.2) is 4.98 Å². The van der Waals surface area contributed by atoms with Crippen molar-refractivity contribution in [1.82, 2.24) is 19.7 Å². The highest BCUT2D eigenvalue weighted by molar-refractivity contribution is 6.13. The molecule has 0 saturated heterocycles. The Balaban J connectivity index is 1.47. The Kier molecular flexibility index (Phi) is 5.40. The molecule has 0 saturated carbocycles. The predicted octanol–water partition coefficient (Wildman–Crippen LogP) is 5.41.